The number of hydrogen-bond acceptors (Lipinski definition) is 2. The van der Waals surface area contributed by atoms with E-state index < -0.39 is 11.6 Å². The lowest BCUT2D eigenvalue weighted by Gasteiger charge is -2.26. The third-order valence-corrected chi connectivity index (χ3v) is 3.85. The van der Waals surface area contributed by atoms with E-state index in [1.165, 1.54) is 0 Å². The van der Waals surface area contributed by atoms with E-state index >= 15 is 0 Å². The average Bonchev–Trinajstić information content (AvgIpc) is 2.64. The molecule has 3 rings (SSSR count). The van der Waals surface area contributed by atoms with Crippen molar-refractivity contribution in [2.24, 2.45) is 0 Å². The van der Waals surface area contributed by atoms with Gasteiger partial charge in [0.25, 0.3) is 0 Å². The first-order chi connectivity index (χ1) is 10.1. The van der Waals surface area contributed by atoms with E-state index in [1.807, 2.05) is 31.2 Å². The van der Waals surface area contributed by atoms with Crippen LogP contribution in [0.3, 0.4) is 0 Å². The molecule has 0 amide bonds. The largest absolute Gasteiger partial charge is 0.492 e. The van der Waals surface area contributed by atoms with Crippen LogP contribution < -0.4 is 4.74 Å². The lowest BCUT2D eigenvalue weighted by molar-refractivity contribution is 0.149. The summed E-state index contributed by atoms with van der Waals surface area (Å²) < 4.78 is 33.0. The second-order valence-electron chi connectivity index (χ2n) is 5.39. The van der Waals surface area contributed by atoms with Crippen LogP contribution in [0, 0.1) is 11.6 Å². The minimum atomic E-state index is -0.799. The van der Waals surface area contributed by atoms with Gasteiger partial charge in [-0.15, -0.1) is 0 Å². The molecule has 0 aliphatic carbocycles. The lowest BCUT2D eigenvalue weighted by atomic mass is 10.1. The van der Waals surface area contributed by atoms with Crippen molar-refractivity contribution in [2.75, 3.05) is 6.61 Å². The number of nitrogens with zero attached hydrogens (tertiary/aromatic N) is 1. The summed E-state index contributed by atoms with van der Waals surface area (Å²) in [5, 5.41) is 0. The average molecular weight is 289 g/mol. The predicted molar refractivity (Wildman–Crippen MR) is 77.0 cm³/mol. The van der Waals surface area contributed by atoms with E-state index in [0.29, 0.717) is 25.3 Å². The van der Waals surface area contributed by atoms with Gasteiger partial charge in [-0.25, -0.2) is 8.78 Å². The molecule has 0 fully saturated rings. The van der Waals surface area contributed by atoms with Crippen molar-refractivity contribution in [3.05, 3.63) is 65.2 Å². The van der Waals surface area contributed by atoms with Crippen LogP contribution in [0.15, 0.2) is 42.5 Å². The van der Waals surface area contributed by atoms with Crippen LogP contribution in [0.1, 0.15) is 18.1 Å². The second-order valence-corrected chi connectivity index (χ2v) is 5.39. The van der Waals surface area contributed by atoms with Gasteiger partial charge >= 0.3 is 0 Å². The van der Waals surface area contributed by atoms with Crippen LogP contribution in [0.2, 0.25) is 0 Å². The summed E-state index contributed by atoms with van der Waals surface area (Å²) in [6.07, 6.45) is 0. The molecule has 21 heavy (non-hydrogen) atoms. The van der Waals surface area contributed by atoms with Gasteiger partial charge in [-0.2, -0.15) is 0 Å². The molecule has 0 radical (unpaired) electrons. The highest BCUT2D eigenvalue weighted by atomic mass is 19.2. The number of fused-ring (bicyclic) bond motifs is 1. The summed E-state index contributed by atoms with van der Waals surface area (Å²) in [4.78, 5) is 2.10. The fraction of sp³-hybridized carbons (Fsp3) is 0.294. The Labute approximate surface area is 123 Å². The molecule has 0 saturated carbocycles. The zero-order valence-corrected chi connectivity index (χ0v) is 11.9. The molecule has 1 aliphatic rings. The van der Waals surface area contributed by atoms with Gasteiger partial charge in [-0.1, -0.05) is 30.3 Å². The zero-order valence-electron chi connectivity index (χ0n) is 11.9. The van der Waals surface area contributed by atoms with Crippen molar-refractivity contribution < 1.29 is 13.5 Å². The standard InChI is InChI=1S/C17H17F2NO/c1-12-11-21-16-8-3-2-5-13(16)9-20(12)10-14-6-4-7-15(18)17(14)19/h2-8,12H,9-11H2,1H3/t12-/m0/s1. The number of para-hydroxylation sites is 1. The van der Waals surface area contributed by atoms with E-state index in [4.69, 9.17) is 4.74 Å². The maximum absolute atomic E-state index is 13.8. The second kappa shape index (κ2) is 5.82. The van der Waals surface area contributed by atoms with E-state index in [-0.39, 0.29) is 6.04 Å². The van der Waals surface area contributed by atoms with Gasteiger partial charge in [0.15, 0.2) is 11.6 Å². The van der Waals surface area contributed by atoms with Crippen molar-refractivity contribution in [3.63, 3.8) is 0 Å². The highest BCUT2D eigenvalue weighted by molar-refractivity contribution is 5.34. The van der Waals surface area contributed by atoms with Crippen molar-refractivity contribution in [3.8, 4) is 5.75 Å². The van der Waals surface area contributed by atoms with E-state index in [0.717, 1.165) is 17.4 Å². The Morgan fingerprint density at radius 2 is 1.95 bits per heavy atom. The van der Waals surface area contributed by atoms with E-state index in [2.05, 4.69) is 4.90 Å². The molecule has 0 saturated heterocycles. The Morgan fingerprint density at radius 1 is 1.14 bits per heavy atom. The molecule has 0 spiro atoms. The number of rotatable bonds is 2. The first kappa shape index (κ1) is 14.0. The summed E-state index contributed by atoms with van der Waals surface area (Å²) >= 11 is 0. The van der Waals surface area contributed by atoms with Gasteiger partial charge in [-0.05, 0) is 19.1 Å². The van der Waals surface area contributed by atoms with Crippen LogP contribution in [0.5, 0.6) is 5.75 Å². The zero-order chi connectivity index (χ0) is 14.8. The molecular weight excluding hydrogens is 272 g/mol. The molecule has 0 aromatic heterocycles. The fourth-order valence-corrected chi connectivity index (χ4v) is 2.57. The van der Waals surface area contributed by atoms with Gasteiger partial charge in [0, 0.05) is 30.3 Å². The topological polar surface area (TPSA) is 12.5 Å². The number of hydrogen-bond donors (Lipinski definition) is 0. The highest BCUT2D eigenvalue weighted by Crippen LogP contribution is 2.26. The number of halogens is 2. The molecular formula is C17H17F2NO. The molecule has 2 aromatic rings. The molecule has 0 bridgehead atoms. The molecule has 4 heteroatoms. The molecule has 2 aromatic carbocycles. The van der Waals surface area contributed by atoms with Crippen LogP contribution in [0.25, 0.3) is 0 Å². The molecule has 1 atom stereocenters. The summed E-state index contributed by atoms with van der Waals surface area (Å²) in [7, 11) is 0. The van der Waals surface area contributed by atoms with E-state index in [9.17, 15) is 8.78 Å². The molecule has 0 N–H and O–H groups in total. The van der Waals surface area contributed by atoms with Gasteiger partial charge in [0.05, 0.1) is 0 Å². The summed E-state index contributed by atoms with van der Waals surface area (Å²) in [6, 6.07) is 12.3. The predicted octanol–water partition coefficient (Wildman–Crippen LogP) is 3.75. The van der Waals surface area contributed by atoms with Crippen molar-refractivity contribution in [1.82, 2.24) is 4.90 Å². The fourth-order valence-electron chi connectivity index (χ4n) is 2.57. The Hall–Kier alpha value is -1.94. The number of ether oxygens (including phenoxy) is 1. The van der Waals surface area contributed by atoms with Gasteiger partial charge < -0.3 is 4.74 Å². The van der Waals surface area contributed by atoms with Crippen molar-refractivity contribution >= 4 is 0 Å². The summed E-state index contributed by atoms with van der Waals surface area (Å²) in [5.74, 6) is -0.693. The Balaban J connectivity index is 1.86. The minimum Gasteiger partial charge on any atom is -0.492 e. The quantitative estimate of drug-likeness (QED) is 0.835. The monoisotopic (exact) mass is 289 g/mol. The van der Waals surface area contributed by atoms with Crippen molar-refractivity contribution in [2.45, 2.75) is 26.1 Å². The van der Waals surface area contributed by atoms with Gasteiger partial charge in [0.1, 0.15) is 12.4 Å². The molecule has 2 nitrogen and oxygen atoms in total. The Morgan fingerprint density at radius 3 is 2.81 bits per heavy atom. The SMILES string of the molecule is C[C@H]1COc2ccccc2CN1Cc1cccc(F)c1F. The third kappa shape index (κ3) is 2.90. The van der Waals surface area contributed by atoms with Crippen LogP contribution >= 0.6 is 0 Å². The van der Waals surface area contributed by atoms with Crippen LogP contribution in [-0.4, -0.2) is 17.5 Å². The maximum atomic E-state index is 13.8. The first-order valence-electron chi connectivity index (χ1n) is 7.03. The molecule has 1 aliphatic heterocycles. The van der Waals surface area contributed by atoms with Crippen LogP contribution in [0.4, 0.5) is 8.78 Å². The maximum Gasteiger partial charge on any atom is 0.163 e. The Kier molecular flexibility index (Phi) is 3.88. The molecule has 1 heterocycles. The summed E-state index contributed by atoms with van der Waals surface area (Å²) in [6.45, 7) is 3.59. The Bertz CT molecular complexity index is 644. The third-order valence-electron chi connectivity index (χ3n) is 3.85. The first-order valence-corrected chi connectivity index (χ1v) is 7.03. The molecule has 110 valence electrons. The van der Waals surface area contributed by atoms with Crippen LogP contribution in [-0.2, 0) is 13.1 Å². The summed E-state index contributed by atoms with van der Waals surface area (Å²) in [5.41, 5.74) is 1.44. The van der Waals surface area contributed by atoms with Gasteiger partial charge in [0.2, 0.25) is 0 Å². The number of benzene rings is 2. The lowest BCUT2D eigenvalue weighted by Crippen LogP contribution is -2.34. The van der Waals surface area contributed by atoms with Gasteiger partial charge in [-0.3, -0.25) is 4.90 Å². The highest BCUT2D eigenvalue weighted by Gasteiger charge is 2.22. The van der Waals surface area contributed by atoms with Crippen molar-refractivity contribution in [1.29, 1.82) is 0 Å². The smallest absolute Gasteiger partial charge is 0.163 e. The minimum absolute atomic E-state index is 0.125. The van der Waals surface area contributed by atoms with E-state index in [1.54, 1.807) is 12.1 Å². The normalized spacial score (nSPS) is 18.7. The molecule has 0 unspecified atom stereocenters.